The molecule has 6 heteroatoms. The summed E-state index contributed by atoms with van der Waals surface area (Å²) >= 11 is 1.82. The Labute approximate surface area is 104 Å². The van der Waals surface area contributed by atoms with E-state index in [9.17, 15) is 4.79 Å². The molecule has 1 aliphatic rings. The first-order valence-electron chi connectivity index (χ1n) is 5.09. The number of aliphatic hydroxyl groups excluding tert-OH is 1. The molecule has 0 radical (unpaired) electrons. The van der Waals surface area contributed by atoms with Crippen LogP contribution in [0.2, 0.25) is 0 Å². The Morgan fingerprint density at radius 1 is 1.27 bits per heavy atom. The number of hydrogen-bond donors (Lipinski definition) is 1. The number of nitrogens with zero attached hydrogens (tertiary/aromatic N) is 2. The number of ether oxygens (including phenoxy) is 1. The van der Waals surface area contributed by atoms with Gasteiger partial charge in [0.2, 0.25) is 0 Å². The smallest absolute Gasteiger partial charge is 0.283 e. The largest absolute Gasteiger partial charge is 0.394 e. The monoisotopic (exact) mass is 328 g/mol. The molecular formula is C9H17IN2O3. The summed E-state index contributed by atoms with van der Waals surface area (Å²) in [5.41, 5.74) is 0. The Hall–Kier alpha value is 0.0800. The van der Waals surface area contributed by atoms with Gasteiger partial charge in [0, 0.05) is 55.3 Å². The van der Waals surface area contributed by atoms with Crippen molar-refractivity contribution >= 4 is 26.5 Å². The lowest BCUT2D eigenvalue weighted by molar-refractivity contribution is 0.0635. The van der Waals surface area contributed by atoms with Crippen LogP contribution in [0, 0.1) is 0 Å². The number of hydrogen-bond acceptors (Lipinski definition) is 4. The molecule has 1 N–H and O–H groups in total. The van der Waals surface area contributed by atoms with Crippen molar-refractivity contribution in [3.8, 4) is 0 Å². The third-order valence-corrected chi connectivity index (χ3v) is 3.09. The number of carbonyl (C=O) groups excluding carboxylic acids is 1. The standard InChI is InChI=1S/C9H17IN2O3/c10-9(14)12-3-1-11(2-4-12)5-7-15-8-6-13/h13H,1-8H2. The molecule has 1 fully saturated rings. The molecule has 0 spiro atoms. The second-order valence-corrected chi connectivity index (χ2v) is 4.34. The highest BCUT2D eigenvalue weighted by atomic mass is 127. The number of amides is 1. The fourth-order valence-electron chi connectivity index (χ4n) is 1.51. The molecule has 1 aliphatic heterocycles. The lowest BCUT2D eigenvalue weighted by atomic mass is 10.3. The Bertz CT molecular complexity index is 196. The maximum atomic E-state index is 11.0. The minimum Gasteiger partial charge on any atom is -0.394 e. The van der Waals surface area contributed by atoms with Crippen molar-refractivity contribution in [2.75, 3.05) is 52.5 Å². The maximum Gasteiger partial charge on any atom is 0.283 e. The molecular weight excluding hydrogens is 311 g/mol. The average molecular weight is 328 g/mol. The molecule has 5 nitrogen and oxygen atoms in total. The number of rotatable bonds is 5. The quantitative estimate of drug-likeness (QED) is 0.338. The van der Waals surface area contributed by atoms with Gasteiger partial charge in [-0.25, -0.2) is 0 Å². The van der Waals surface area contributed by atoms with E-state index in [0.717, 1.165) is 32.7 Å². The first kappa shape index (κ1) is 13.1. The summed E-state index contributed by atoms with van der Waals surface area (Å²) in [5.74, 6) is 0. The summed E-state index contributed by atoms with van der Waals surface area (Å²) in [6.07, 6.45) is 0. The lowest BCUT2D eigenvalue weighted by Gasteiger charge is -2.33. The van der Waals surface area contributed by atoms with Gasteiger partial charge in [0.05, 0.1) is 19.8 Å². The topological polar surface area (TPSA) is 53.0 Å². The third-order valence-electron chi connectivity index (χ3n) is 2.41. The van der Waals surface area contributed by atoms with Crippen LogP contribution in [-0.2, 0) is 4.74 Å². The van der Waals surface area contributed by atoms with Crippen molar-refractivity contribution in [2.24, 2.45) is 0 Å². The van der Waals surface area contributed by atoms with E-state index >= 15 is 0 Å². The summed E-state index contributed by atoms with van der Waals surface area (Å²) in [5, 5.41) is 8.52. The molecule has 1 heterocycles. The van der Waals surface area contributed by atoms with Crippen molar-refractivity contribution in [1.29, 1.82) is 0 Å². The van der Waals surface area contributed by atoms with Crippen molar-refractivity contribution in [3.63, 3.8) is 0 Å². The third kappa shape index (κ3) is 5.10. The molecule has 15 heavy (non-hydrogen) atoms. The van der Waals surface area contributed by atoms with Crippen LogP contribution in [0.1, 0.15) is 0 Å². The second kappa shape index (κ2) is 7.37. The maximum absolute atomic E-state index is 11.0. The van der Waals surface area contributed by atoms with Crippen molar-refractivity contribution in [2.45, 2.75) is 0 Å². The number of carbonyl (C=O) groups is 1. The highest BCUT2D eigenvalue weighted by Crippen LogP contribution is 2.05. The minimum absolute atomic E-state index is 0.0805. The van der Waals surface area contributed by atoms with Gasteiger partial charge in [-0.3, -0.25) is 9.69 Å². The lowest BCUT2D eigenvalue weighted by Crippen LogP contribution is -2.47. The minimum atomic E-state index is 0.0805. The van der Waals surface area contributed by atoms with Crippen LogP contribution >= 0.6 is 22.6 Å². The van der Waals surface area contributed by atoms with Gasteiger partial charge in [-0.15, -0.1) is 0 Å². The van der Waals surface area contributed by atoms with Gasteiger partial charge in [-0.05, 0) is 0 Å². The Morgan fingerprint density at radius 3 is 2.47 bits per heavy atom. The van der Waals surface area contributed by atoms with Crippen LogP contribution in [0.4, 0.5) is 4.79 Å². The van der Waals surface area contributed by atoms with Gasteiger partial charge in [0.15, 0.2) is 0 Å². The van der Waals surface area contributed by atoms with Gasteiger partial charge >= 0.3 is 0 Å². The van der Waals surface area contributed by atoms with Gasteiger partial charge in [-0.1, -0.05) is 0 Å². The zero-order valence-corrected chi connectivity index (χ0v) is 10.9. The van der Waals surface area contributed by atoms with Crippen LogP contribution in [0.25, 0.3) is 0 Å². The van der Waals surface area contributed by atoms with E-state index in [1.165, 1.54) is 0 Å². The fourth-order valence-corrected chi connectivity index (χ4v) is 1.99. The molecule has 0 aromatic rings. The van der Waals surface area contributed by atoms with Crippen LogP contribution in [0.5, 0.6) is 0 Å². The summed E-state index contributed by atoms with van der Waals surface area (Å²) in [7, 11) is 0. The van der Waals surface area contributed by atoms with E-state index in [4.69, 9.17) is 9.84 Å². The van der Waals surface area contributed by atoms with Crippen LogP contribution in [0.3, 0.4) is 0 Å². The van der Waals surface area contributed by atoms with Gasteiger partial charge in [-0.2, -0.15) is 0 Å². The van der Waals surface area contributed by atoms with E-state index < -0.39 is 0 Å². The Morgan fingerprint density at radius 2 is 1.93 bits per heavy atom. The van der Waals surface area contributed by atoms with Gasteiger partial charge in [0.1, 0.15) is 0 Å². The molecule has 1 amide bonds. The first-order valence-corrected chi connectivity index (χ1v) is 6.17. The zero-order chi connectivity index (χ0) is 11.1. The molecule has 0 aromatic heterocycles. The van der Waals surface area contributed by atoms with Gasteiger partial charge < -0.3 is 14.7 Å². The number of halogens is 1. The summed E-state index contributed by atoms with van der Waals surface area (Å²) in [6, 6.07) is 0. The average Bonchev–Trinajstić information content (AvgIpc) is 2.25. The van der Waals surface area contributed by atoms with Crippen LogP contribution in [0.15, 0.2) is 0 Å². The predicted molar refractivity (Wildman–Crippen MR) is 65.3 cm³/mol. The Kier molecular flexibility index (Phi) is 6.46. The SMILES string of the molecule is O=C(I)N1CCN(CCOCCO)CC1. The van der Waals surface area contributed by atoms with Crippen molar-refractivity contribution < 1.29 is 14.6 Å². The molecule has 0 unspecified atom stereocenters. The van der Waals surface area contributed by atoms with E-state index in [0.29, 0.717) is 13.2 Å². The Balaban J connectivity index is 2.07. The van der Waals surface area contributed by atoms with Crippen LogP contribution in [-0.4, -0.2) is 71.4 Å². The molecule has 0 bridgehead atoms. The molecule has 88 valence electrons. The molecule has 0 aliphatic carbocycles. The first-order chi connectivity index (χ1) is 7.24. The number of aliphatic hydroxyl groups is 1. The van der Waals surface area contributed by atoms with Gasteiger partial charge in [0.25, 0.3) is 3.91 Å². The highest BCUT2D eigenvalue weighted by Gasteiger charge is 2.18. The normalized spacial score (nSPS) is 18.1. The highest BCUT2D eigenvalue weighted by molar-refractivity contribution is 14.1. The second-order valence-electron chi connectivity index (χ2n) is 3.42. The summed E-state index contributed by atoms with van der Waals surface area (Å²) in [4.78, 5) is 15.2. The molecule has 1 saturated heterocycles. The number of piperazine rings is 1. The van der Waals surface area contributed by atoms with E-state index in [1.54, 1.807) is 0 Å². The van der Waals surface area contributed by atoms with E-state index in [2.05, 4.69) is 4.90 Å². The summed E-state index contributed by atoms with van der Waals surface area (Å²) < 4.78 is 5.31. The molecule has 0 atom stereocenters. The van der Waals surface area contributed by atoms with E-state index in [-0.39, 0.29) is 10.5 Å². The van der Waals surface area contributed by atoms with Crippen molar-refractivity contribution in [3.05, 3.63) is 0 Å². The van der Waals surface area contributed by atoms with Crippen LogP contribution < -0.4 is 0 Å². The van der Waals surface area contributed by atoms with Crippen molar-refractivity contribution in [1.82, 2.24) is 9.80 Å². The van der Waals surface area contributed by atoms with E-state index in [1.807, 2.05) is 27.5 Å². The molecule has 1 rings (SSSR count). The zero-order valence-electron chi connectivity index (χ0n) is 8.69. The molecule has 0 aromatic carbocycles. The summed E-state index contributed by atoms with van der Waals surface area (Å²) in [6.45, 7) is 5.46. The predicted octanol–water partition coefficient (Wildman–Crippen LogP) is 0.168. The molecule has 0 saturated carbocycles. The fraction of sp³-hybridized carbons (Fsp3) is 0.889.